The van der Waals surface area contributed by atoms with Crippen LogP contribution in [0, 0.1) is 0 Å². The van der Waals surface area contributed by atoms with Gasteiger partial charge in [-0.25, -0.2) is 0 Å². The molecule has 0 unspecified atom stereocenters. The fraction of sp³-hybridized carbons (Fsp3) is 0.250. The average molecular weight is 110 g/mol. The first-order chi connectivity index (χ1) is 2.64. The zero-order valence-electron chi connectivity index (χ0n) is 5.02. The van der Waals surface area contributed by atoms with Crippen LogP contribution in [0.25, 0.3) is 0 Å². The summed E-state index contributed by atoms with van der Waals surface area (Å²) < 4.78 is 0. The van der Waals surface area contributed by atoms with Crippen molar-refractivity contribution in [1.82, 2.24) is 0 Å². The second kappa shape index (κ2) is 6.77. The molecule has 0 aromatic carbocycles. The van der Waals surface area contributed by atoms with E-state index in [2.05, 4.69) is 6.58 Å². The van der Waals surface area contributed by atoms with E-state index in [-0.39, 0.29) is 29.9 Å². The maximum atomic E-state index is 9.49. The summed E-state index contributed by atoms with van der Waals surface area (Å²) in [5.41, 5.74) is 0.0648. The molecule has 0 amide bonds. The Kier molecular flexibility index (Phi) is 13.2. The third-order valence-electron chi connectivity index (χ3n) is 0.348. The van der Waals surface area contributed by atoms with Gasteiger partial charge in [-0.15, -0.1) is 0 Å². The Labute approximate surface area is 59.9 Å². The second-order valence-corrected chi connectivity index (χ2v) is 1.07. The molecule has 42 valence electrons. The summed E-state index contributed by atoms with van der Waals surface area (Å²) >= 11 is 0. The molecule has 0 spiro atoms. The Balaban J connectivity index is -0.000000125. The molecule has 0 radical (unpaired) electrons. The number of hydrogen-bond donors (Lipinski definition) is 0. The first-order valence-corrected chi connectivity index (χ1v) is 1.51. The van der Waals surface area contributed by atoms with Gasteiger partial charge in [-0.05, 0) is 12.5 Å². The molecule has 8 heavy (non-hydrogen) atoms. The average Bonchev–Trinajstić information content (AvgIpc) is 1.36. The van der Waals surface area contributed by atoms with E-state index in [0.717, 1.165) is 0 Å². The van der Waals surface area contributed by atoms with E-state index >= 15 is 0 Å². The molecule has 3 nitrogen and oxygen atoms in total. The van der Waals surface area contributed by atoms with Crippen molar-refractivity contribution in [2.75, 3.05) is 0 Å². The fourth-order valence-corrected chi connectivity index (χ4v) is 0. The predicted molar refractivity (Wildman–Crippen MR) is 23.4 cm³/mol. The van der Waals surface area contributed by atoms with Gasteiger partial charge in [0.15, 0.2) is 0 Å². The van der Waals surface area contributed by atoms with Crippen molar-refractivity contribution in [3.8, 4) is 0 Å². The molecule has 0 aromatic rings. The second-order valence-electron chi connectivity index (χ2n) is 1.07. The molecule has 0 aliphatic rings. The molecule has 0 saturated heterocycles. The molecule has 0 rings (SSSR count). The summed E-state index contributed by atoms with van der Waals surface area (Å²) in [6, 6.07) is 0. The van der Waals surface area contributed by atoms with Crippen LogP contribution >= 0.6 is 0 Å². The van der Waals surface area contributed by atoms with Crippen molar-refractivity contribution >= 4 is 5.97 Å². The molecule has 2 N–H and O–H groups in total. The van der Waals surface area contributed by atoms with Crippen LogP contribution in [0.2, 0.25) is 0 Å². The van der Waals surface area contributed by atoms with Crippen molar-refractivity contribution in [1.29, 1.82) is 0 Å². The predicted octanol–water partition coefficient (Wildman–Crippen LogP) is -4.51. The van der Waals surface area contributed by atoms with Gasteiger partial charge < -0.3 is 15.4 Å². The number of carboxylic acids is 1. The van der Waals surface area contributed by atoms with E-state index in [1.54, 1.807) is 0 Å². The molecule has 0 aliphatic carbocycles. The standard InChI is InChI=1S/C4H6O2.Li.H2O/c1-3(2)4(5)6;;/h1H2,2H3,(H,5,6);;1H2/q;+1;/p-1. The monoisotopic (exact) mass is 110 g/mol. The molecule has 0 atom stereocenters. The number of aliphatic carboxylic acids is 1. The first kappa shape index (κ1) is 15.7. The minimum absolute atomic E-state index is 0. The van der Waals surface area contributed by atoms with Crippen molar-refractivity contribution in [2.24, 2.45) is 0 Å². The molecular formula is C4H7LiO3. The van der Waals surface area contributed by atoms with E-state index in [9.17, 15) is 9.90 Å². The van der Waals surface area contributed by atoms with Gasteiger partial charge in [0.1, 0.15) is 0 Å². The van der Waals surface area contributed by atoms with Gasteiger partial charge in [-0.1, -0.05) is 6.58 Å². The molecular weight excluding hydrogens is 103 g/mol. The number of carbonyl (C=O) groups is 1. The molecule has 0 heterocycles. The maximum absolute atomic E-state index is 9.49. The Morgan fingerprint density at radius 2 is 1.75 bits per heavy atom. The Morgan fingerprint density at radius 3 is 1.75 bits per heavy atom. The summed E-state index contributed by atoms with van der Waals surface area (Å²) in [6.45, 7) is 4.48. The molecule has 0 aromatic heterocycles. The van der Waals surface area contributed by atoms with E-state index in [1.165, 1.54) is 6.92 Å². The molecule has 4 heteroatoms. The van der Waals surface area contributed by atoms with Crippen LogP contribution in [0.3, 0.4) is 0 Å². The van der Waals surface area contributed by atoms with Gasteiger partial charge in [0, 0.05) is 0 Å². The van der Waals surface area contributed by atoms with Crippen molar-refractivity contribution in [2.45, 2.75) is 6.92 Å². The van der Waals surface area contributed by atoms with Crippen molar-refractivity contribution in [3.05, 3.63) is 12.2 Å². The summed E-state index contributed by atoms with van der Waals surface area (Å²) in [5, 5.41) is 9.49. The zero-order valence-corrected chi connectivity index (χ0v) is 5.02. The van der Waals surface area contributed by atoms with Gasteiger partial charge in [0.2, 0.25) is 0 Å². The van der Waals surface area contributed by atoms with Crippen LogP contribution in [0.15, 0.2) is 12.2 Å². The van der Waals surface area contributed by atoms with Crippen LogP contribution in [-0.2, 0) is 4.79 Å². The van der Waals surface area contributed by atoms with Crippen molar-refractivity contribution < 1.29 is 34.2 Å². The number of rotatable bonds is 1. The van der Waals surface area contributed by atoms with E-state index in [0.29, 0.717) is 0 Å². The summed E-state index contributed by atoms with van der Waals surface area (Å²) in [4.78, 5) is 9.49. The van der Waals surface area contributed by atoms with E-state index in [1.807, 2.05) is 0 Å². The minimum atomic E-state index is -1.19. The number of hydrogen-bond acceptors (Lipinski definition) is 2. The van der Waals surface area contributed by atoms with Crippen molar-refractivity contribution in [3.63, 3.8) is 0 Å². The Morgan fingerprint density at radius 1 is 1.62 bits per heavy atom. The SMILES string of the molecule is C=C(C)C(=O)[O-].O.[Li+]. The molecule has 0 bridgehead atoms. The van der Waals surface area contributed by atoms with Gasteiger partial charge >= 0.3 is 18.9 Å². The largest absolute Gasteiger partial charge is 1.00 e. The topological polar surface area (TPSA) is 71.6 Å². The van der Waals surface area contributed by atoms with Crippen LogP contribution in [0.4, 0.5) is 0 Å². The smallest absolute Gasteiger partial charge is 0.545 e. The van der Waals surface area contributed by atoms with Crippen LogP contribution in [0.1, 0.15) is 6.92 Å². The summed E-state index contributed by atoms with van der Waals surface area (Å²) in [5.74, 6) is -1.19. The first-order valence-electron chi connectivity index (χ1n) is 1.51. The molecule has 0 saturated carbocycles. The molecule has 0 aliphatic heterocycles. The molecule has 0 fully saturated rings. The van der Waals surface area contributed by atoms with Crippen LogP contribution in [-0.4, -0.2) is 11.4 Å². The normalized spacial score (nSPS) is 5.62. The minimum Gasteiger partial charge on any atom is -0.545 e. The quantitative estimate of drug-likeness (QED) is 0.252. The van der Waals surface area contributed by atoms with E-state index in [4.69, 9.17) is 0 Å². The van der Waals surface area contributed by atoms with Gasteiger partial charge in [0.25, 0.3) is 0 Å². The summed E-state index contributed by atoms with van der Waals surface area (Å²) in [7, 11) is 0. The number of carboxylic acid groups (broad SMARTS) is 1. The van der Waals surface area contributed by atoms with E-state index < -0.39 is 5.97 Å². The Hall–Kier alpha value is -0.233. The van der Waals surface area contributed by atoms with Gasteiger partial charge in [0.05, 0.1) is 5.97 Å². The van der Waals surface area contributed by atoms with Crippen LogP contribution in [0.5, 0.6) is 0 Å². The fourth-order valence-electron chi connectivity index (χ4n) is 0. The zero-order chi connectivity index (χ0) is 5.15. The maximum Gasteiger partial charge on any atom is 1.00 e. The van der Waals surface area contributed by atoms with Gasteiger partial charge in [-0.3, -0.25) is 0 Å². The third-order valence-corrected chi connectivity index (χ3v) is 0.348. The van der Waals surface area contributed by atoms with Gasteiger partial charge in [-0.2, -0.15) is 0 Å². The third kappa shape index (κ3) is 9.24. The number of carbonyl (C=O) groups excluding carboxylic acids is 1. The Bertz CT molecular complexity index is 77.3. The summed E-state index contributed by atoms with van der Waals surface area (Å²) in [6.07, 6.45) is 0. The van der Waals surface area contributed by atoms with Crippen LogP contribution < -0.4 is 24.0 Å².